The maximum Gasteiger partial charge on any atom is 0.472 e. The number of carboxylic acids is 1. The van der Waals surface area contributed by atoms with E-state index in [9.17, 15) is 23.8 Å². The fourth-order valence-corrected chi connectivity index (χ4v) is 6.76. The summed E-state index contributed by atoms with van der Waals surface area (Å²) in [5.74, 6) is -2.41. The Morgan fingerprint density at radius 1 is 0.564 bits per heavy atom. The van der Waals surface area contributed by atoms with Crippen molar-refractivity contribution in [2.24, 2.45) is 5.73 Å². The van der Waals surface area contributed by atoms with Crippen LogP contribution >= 0.6 is 7.82 Å². The molecule has 11 nitrogen and oxygen atoms in total. The van der Waals surface area contributed by atoms with Crippen LogP contribution in [0.2, 0.25) is 0 Å². The molecule has 3 atom stereocenters. The van der Waals surface area contributed by atoms with Gasteiger partial charge in [-0.05, 0) is 44.9 Å². The molecule has 0 saturated heterocycles. The van der Waals surface area contributed by atoms with E-state index in [1.165, 1.54) is 116 Å². The van der Waals surface area contributed by atoms with Crippen LogP contribution in [0.15, 0.2) is 24.3 Å². The Balaban J connectivity index is 4.39. The molecular formula is C43H80NO10P. The highest BCUT2D eigenvalue weighted by Crippen LogP contribution is 2.43. The van der Waals surface area contributed by atoms with Gasteiger partial charge in [0.2, 0.25) is 0 Å². The van der Waals surface area contributed by atoms with Gasteiger partial charge in [0.15, 0.2) is 6.10 Å². The molecular weight excluding hydrogens is 721 g/mol. The van der Waals surface area contributed by atoms with Crippen LogP contribution in [0.25, 0.3) is 0 Å². The number of carboxylic acid groups (broad SMARTS) is 1. The van der Waals surface area contributed by atoms with E-state index in [4.69, 9.17) is 24.8 Å². The number of rotatable bonds is 41. The second-order valence-electron chi connectivity index (χ2n) is 14.8. The van der Waals surface area contributed by atoms with E-state index < -0.39 is 51.1 Å². The Bertz CT molecular complexity index is 1040. The monoisotopic (exact) mass is 802 g/mol. The molecule has 0 spiro atoms. The maximum atomic E-state index is 12.6. The Morgan fingerprint density at radius 2 is 0.964 bits per heavy atom. The molecule has 12 heteroatoms. The molecule has 1 unspecified atom stereocenters. The standard InChI is InChI=1S/C43H80NO10P/c1-3-5-7-9-11-13-15-17-19-21-22-24-26-28-30-32-34-41(45)51-36-39(37-52-55(49,50)53-38-40(44)43(47)48)54-42(46)35-33-31-29-27-25-23-20-18-16-14-12-10-8-6-4-2/h18,20,25,27,39-40H,3-17,19,21-24,26,28-38,44H2,1-2H3,(H,47,48)(H,49,50)/b20-18+,27-25+/t39-,40+/m1/s1. The molecule has 0 saturated carbocycles. The first-order valence-electron chi connectivity index (χ1n) is 21.9. The Labute approximate surface area is 334 Å². The summed E-state index contributed by atoms with van der Waals surface area (Å²) in [7, 11) is -4.72. The van der Waals surface area contributed by atoms with E-state index in [2.05, 4.69) is 42.7 Å². The van der Waals surface area contributed by atoms with Crippen LogP contribution in [0.4, 0.5) is 0 Å². The second-order valence-corrected chi connectivity index (χ2v) is 16.3. The van der Waals surface area contributed by atoms with Crippen molar-refractivity contribution in [2.45, 2.75) is 212 Å². The van der Waals surface area contributed by atoms with Gasteiger partial charge in [-0.15, -0.1) is 0 Å². The molecule has 0 radical (unpaired) electrons. The zero-order chi connectivity index (χ0) is 40.7. The van der Waals surface area contributed by atoms with Crippen LogP contribution in [-0.2, 0) is 37.5 Å². The smallest absolute Gasteiger partial charge is 0.472 e. The van der Waals surface area contributed by atoms with Gasteiger partial charge in [0.1, 0.15) is 12.6 Å². The highest BCUT2D eigenvalue weighted by Gasteiger charge is 2.28. The van der Waals surface area contributed by atoms with E-state index >= 15 is 0 Å². The summed E-state index contributed by atoms with van der Waals surface area (Å²) in [5.41, 5.74) is 5.33. The molecule has 0 aliphatic carbocycles. The number of carbonyl (C=O) groups is 3. The first-order chi connectivity index (χ1) is 26.6. The first-order valence-corrected chi connectivity index (χ1v) is 23.4. The zero-order valence-corrected chi connectivity index (χ0v) is 35.7. The quantitative estimate of drug-likeness (QED) is 0.0232. The number of nitrogens with two attached hydrogens (primary N) is 1. The lowest BCUT2D eigenvalue weighted by Gasteiger charge is -2.20. The van der Waals surface area contributed by atoms with Crippen LogP contribution in [0.5, 0.6) is 0 Å². The van der Waals surface area contributed by atoms with Gasteiger partial charge >= 0.3 is 25.7 Å². The number of allylic oxidation sites excluding steroid dienone is 4. The van der Waals surface area contributed by atoms with Gasteiger partial charge < -0.3 is 25.2 Å². The zero-order valence-electron chi connectivity index (χ0n) is 34.8. The van der Waals surface area contributed by atoms with E-state index in [1.54, 1.807) is 0 Å². The maximum absolute atomic E-state index is 12.6. The van der Waals surface area contributed by atoms with Crippen LogP contribution in [0.3, 0.4) is 0 Å². The minimum absolute atomic E-state index is 0.121. The van der Waals surface area contributed by atoms with Crippen molar-refractivity contribution in [3.63, 3.8) is 0 Å². The number of unbranched alkanes of at least 4 members (excludes halogenated alkanes) is 23. The Morgan fingerprint density at radius 3 is 1.45 bits per heavy atom. The normalized spacial score (nSPS) is 14.0. The number of hydrogen-bond acceptors (Lipinski definition) is 9. The fraction of sp³-hybridized carbons (Fsp3) is 0.837. The molecule has 0 rings (SSSR count). The topological polar surface area (TPSA) is 172 Å². The van der Waals surface area contributed by atoms with Crippen molar-refractivity contribution >= 4 is 25.7 Å². The highest BCUT2D eigenvalue weighted by atomic mass is 31.2. The molecule has 0 amide bonds. The van der Waals surface area contributed by atoms with Gasteiger partial charge in [0.25, 0.3) is 0 Å². The third-order valence-electron chi connectivity index (χ3n) is 9.45. The predicted molar refractivity (Wildman–Crippen MR) is 222 cm³/mol. The molecule has 0 bridgehead atoms. The summed E-state index contributed by atoms with van der Waals surface area (Å²) >= 11 is 0. The number of carbonyl (C=O) groups excluding carboxylic acids is 2. The van der Waals surface area contributed by atoms with Gasteiger partial charge in [-0.1, -0.05) is 167 Å². The van der Waals surface area contributed by atoms with Crippen molar-refractivity contribution in [3.8, 4) is 0 Å². The molecule has 0 aromatic heterocycles. The third kappa shape index (κ3) is 38.6. The summed E-state index contributed by atoms with van der Waals surface area (Å²) in [6.07, 6.45) is 39.6. The summed E-state index contributed by atoms with van der Waals surface area (Å²) in [5, 5.41) is 8.88. The van der Waals surface area contributed by atoms with Crippen molar-refractivity contribution in [2.75, 3.05) is 19.8 Å². The number of hydrogen-bond donors (Lipinski definition) is 3. The van der Waals surface area contributed by atoms with Gasteiger partial charge in [-0.2, -0.15) is 0 Å². The molecule has 0 fully saturated rings. The minimum Gasteiger partial charge on any atom is -0.480 e. The van der Waals surface area contributed by atoms with Crippen LogP contribution in [-0.4, -0.2) is 59.9 Å². The van der Waals surface area contributed by atoms with E-state index in [0.29, 0.717) is 12.8 Å². The van der Waals surface area contributed by atoms with Gasteiger partial charge in [0, 0.05) is 12.8 Å². The number of aliphatic carboxylic acids is 1. The number of esters is 2. The van der Waals surface area contributed by atoms with Crippen LogP contribution in [0, 0.1) is 0 Å². The van der Waals surface area contributed by atoms with Gasteiger partial charge in [-0.3, -0.25) is 23.4 Å². The SMILES string of the molecule is CCCCCCCC/C=C/C/C=C/CCCCC(=O)O[C@H](COC(=O)CCCCCCCCCCCCCCCCCC)COP(=O)(O)OC[C@H](N)C(=O)O. The largest absolute Gasteiger partial charge is 0.480 e. The molecule has 0 aliphatic heterocycles. The third-order valence-corrected chi connectivity index (χ3v) is 10.4. The number of ether oxygens (including phenoxy) is 2. The van der Waals surface area contributed by atoms with Crippen molar-refractivity contribution in [1.29, 1.82) is 0 Å². The lowest BCUT2D eigenvalue weighted by molar-refractivity contribution is -0.161. The first kappa shape index (κ1) is 53.0. The Kier molecular flexibility index (Phi) is 37.4. The molecule has 0 heterocycles. The van der Waals surface area contributed by atoms with E-state index in [-0.39, 0.29) is 19.4 Å². The van der Waals surface area contributed by atoms with E-state index in [0.717, 1.165) is 44.9 Å². The summed E-state index contributed by atoms with van der Waals surface area (Å²) in [6.45, 7) is 2.78. The second kappa shape index (κ2) is 38.8. The predicted octanol–water partition coefficient (Wildman–Crippen LogP) is 11.5. The number of phosphoric ester groups is 1. The molecule has 0 aliphatic rings. The minimum atomic E-state index is -4.72. The molecule has 4 N–H and O–H groups in total. The molecule has 0 aromatic carbocycles. The lowest BCUT2D eigenvalue weighted by Crippen LogP contribution is -2.34. The lowest BCUT2D eigenvalue weighted by atomic mass is 10.0. The van der Waals surface area contributed by atoms with Crippen LogP contribution < -0.4 is 5.73 Å². The summed E-state index contributed by atoms with van der Waals surface area (Å²) < 4.78 is 32.6. The molecule has 55 heavy (non-hydrogen) atoms. The van der Waals surface area contributed by atoms with E-state index in [1.807, 2.05) is 0 Å². The average molecular weight is 802 g/mol. The van der Waals surface area contributed by atoms with Crippen molar-refractivity contribution in [3.05, 3.63) is 24.3 Å². The summed E-state index contributed by atoms with van der Waals surface area (Å²) in [4.78, 5) is 45.9. The van der Waals surface area contributed by atoms with Crippen molar-refractivity contribution < 1.29 is 47.5 Å². The Hall–Kier alpha value is -2.04. The number of phosphoric acid groups is 1. The van der Waals surface area contributed by atoms with Gasteiger partial charge in [0.05, 0.1) is 13.2 Å². The highest BCUT2D eigenvalue weighted by molar-refractivity contribution is 7.47. The van der Waals surface area contributed by atoms with Crippen LogP contribution in [0.1, 0.15) is 200 Å². The molecule has 0 aromatic rings. The fourth-order valence-electron chi connectivity index (χ4n) is 5.98. The summed E-state index contributed by atoms with van der Waals surface area (Å²) in [6, 6.07) is -1.52. The average Bonchev–Trinajstić information content (AvgIpc) is 3.16. The molecule has 322 valence electrons. The van der Waals surface area contributed by atoms with Gasteiger partial charge in [-0.25, -0.2) is 4.57 Å². The van der Waals surface area contributed by atoms with Crippen molar-refractivity contribution in [1.82, 2.24) is 0 Å².